The highest BCUT2D eigenvalue weighted by atomic mass is 15.2. The Hall–Kier alpha value is -0.990. The van der Waals surface area contributed by atoms with E-state index in [0.717, 1.165) is 17.3 Å². The van der Waals surface area contributed by atoms with E-state index in [1.54, 1.807) is 0 Å². The number of nitrogens with zero attached hydrogens (tertiary/aromatic N) is 1. The standard InChI is InChI=1S/C10H17N3/c1-6(9-4-5-9)11-10-7(2)12-13-8(10)3/h6,9,11H,4-5H2,1-3H3,(H,12,13). The highest BCUT2D eigenvalue weighted by Gasteiger charge is 2.28. The number of nitrogens with one attached hydrogen (secondary N) is 2. The van der Waals surface area contributed by atoms with Gasteiger partial charge in [0.15, 0.2) is 0 Å². The lowest BCUT2D eigenvalue weighted by Gasteiger charge is -2.13. The molecule has 13 heavy (non-hydrogen) atoms. The molecule has 0 saturated heterocycles. The van der Waals surface area contributed by atoms with Gasteiger partial charge in [-0.15, -0.1) is 0 Å². The quantitative estimate of drug-likeness (QED) is 0.747. The van der Waals surface area contributed by atoms with Crippen LogP contribution in [-0.2, 0) is 0 Å². The van der Waals surface area contributed by atoms with Crippen LogP contribution in [0.2, 0.25) is 0 Å². The predicted molar refractivity (Wildman–Crippen MR) is 53.9 cm³/mol. The largest absolute Gasteiger partial charge is 0.379 e. The fourth-order valence-corrected chi connectivity index (χ4v) is 1.71. The lowest BCUT2D eigenvalue weighted by atomic mass is 10.2. The summed E-state index contributed by atoms with van der Waals surface area (Å²) in [4.78, 5) is 0. The first-order valence-corrected chi connectivity index (χ1v) is 4.96. The Bertz CT molecular complexity index is 280. The maximum atomic E-state index is 4.16. The lowest BCUT2D eigenvalue weighted by molar-refractivity contribution is 0.693. The van der Waals surface area contributed by atoms with E-state index in [4.69, 9.17) is 0 Å². The van der Waals surface area contributed by atoms with E-state index in [2.05, 4.69) is 29.4 Å². The number of aromatic amines is 1. The maximum Gasteiger partial charge on any atom is 0.0825 e. The molecule has 2 rings (SSSR count). The van der Waals surface area contributed by atoms with Crippen molar-refractivity contribution in [3.63, 3.8) is 0 Å². The van der Waals surface area contributed by atoms with Gasteiger partial charge >= 0.3 is 0 Å². The van der Waals surface area contributed by atoms with Gasteiger partial charge in [0.05, 0.1) is 17.1 Å². The van der Waals surface area contributed by atoms with E-state index in [9.17, 15) is 0 Å². The van der Waals surface area contributed by atoms with Gasteiger partial charge in [0.25, 0.3) is 0 Å². The van der Waals surface area contributed by atoms with Crippen LogP contribution >= 0.6 is 0 Å². The van der Waals surface area contributed by atoms with Gasteiger partial charge < -0.3 is 5.32 Å². The molecule has 0 spiro atoms. The number of rotatable bonds is 3. The van der Waals surface area contributed by atoms with Gasteiger partial charge in [-0.05, 0) is 39.5 Å². The van der Waals surface area contributed by atoms with Crippen molar-refractivity contribution in [2.75, 3.05) is 5.32 Å². The number of aryl methyl sites for hydroxylation is 2. The molecular formula is C10H17N3. The van der Waals surface area contributed by atoms with Crippen LogP contribution in [0, 0.1) is 19.8 Å². The zero-order valence-corrected chi connectivity index (χ0v) is 8.52. The summed E-state index contributed by atoms with van der Waals surface area (Å²) in [5.74, 6) is 0.883. The van der Waals surface area contributed by atoms with Gasteiger partial charge in [-0.25, -0.2) is 0 Å². The van der Waals surface area contributed by atoms with Crippen molar-refractivity contribution >= 4 is 5.69 Å². The van der Waals surface area contributed by atoms with Crippen molar-refractivity contribution in [1.82, 2.24) is 10.2 Å². The Balaban J connectivity index is 2.07. The number of hydrogen-bond donors (Lipinski definition) is 2. The summed E-state index contributed by atoms with van der Waals surface area (Å²) in [5, 5.41) is 10.7. The second-order valence-electron chi connectivity index (χ2n) is 4.08. The predicted octanol–water partition coefficient (Wildman–Crippen LogP) is 2.24. The zero-order valence-electron chi connectivity index (χ0n) is 8.52. The molecule has 0 amide bonds. The van der Waals surface area contributed by atoms with E-state index >= 15 is 0 Å². The molecule has 1 fully saturated rings. The third-order valence-electron chi connectivity index (χ3n) is 2.83. The van der Waals surface area contributed by atoms with E-state index in [1.165, 1.54) is 18.5 Å². The molecule has 1 aromatic rings. The number of H-pyrrole nitrogens is 1. The monoisotopic (exact) mass is 179 g/mol. The van der Waals surface area contributed by atoms with Gasteiger partial charge in [-0.3, -0.25) is 5.10 Å². The summed E-state index contributed by atoms with van der Waals surface area (Å²) < 4.78 is 0. The Morgan fingerprint density at radius 1 is 1.46 bits per heavy atom. The number of aromatic nitrogens is 2. The van der Waals surface area contributed by atoms with Gasteiger partial charge in [0.1, 0.15) is 0 Å². The second kappa shape index (κ2) is 3.05. The molecule has 1 atom stereocenters. The topological polar surface area (TPSA) is 40.7 Å². The number of anilines is 1. The van der Waals surface area contributed by atoms with Gasteiger partial charge in [-0.1, -0.05) is 0 Å². The van der Waals surface area contributed by atoms with E-state index in [1.807, 2.05) is 6.92 Å². The molecule has 1 unspecified atom stereocenters. The highest BCUT2D eigenvalue weighted by molar-refractivity contribution is 5.52. The van der Waals surface area contributed by atoms with Crippen LogP contribution in [0.5, 0.6) is 0 Å². The van der Waals surface area contributed by atoms with E-state index < -0.39 is 0 Å². The van der Waals surface area contributed by atoms with Crippen molar-refractivity contribution in [2.45, 2.75) is 39.7 Å². The molecule has 1 aliphatic rings. The summed E-state index contributed by atoms with van der Waals surface area (Å²) in [6, 6.07) is 0.593. The average Bonchev–Trinajstić information content (AvgIpc) is 2.88. The molecule has 1 aromatic heterocycles. The Morgan fingerprint density at radius 2 is 2.15 bits per heavy atom. The fraction of sp³-hybridized carbons (Fsp3) is 0.700. The van der Waals surface area contributed by atoms with Crippen LogP contribution in [0.4, 0.5) is 5.69 Å². The average molecular weight is 179 g/mol. The van der Waals surface area contributed by atoms with Crippen molar-refractivity contribution in [3.8, 4) is 0 Å². The van der Waals surface area contributed by atoms with Crippen LogP contribution in [0.15, 0.2) is 0 Å². The van der Waals surface area contributed by atoms with Gasteiger partial charge in [0, 0.05) is 6.04 Å². The molecule has 0 bridgehead atoms. The van der Waals surface area contributed by atoms with Crippen LogP contribution in [-0.4, -0.2) is 16.2 Å². The SMILES string of the molecule is Cc1n[nH]c(C)c1NC(C)C1CC1. The summed E-state index contributed by atoms with van der Waals surface area (Å²) in [6.07, 6.45) is 2.76. The summed E-state index contributed by atoms with van der Waals surface area (Å²) >= 11 is 0. The molecular weight excluding hydrogens is 162 g/mol. The van der Waals surface area contributed by atoms with Crippen LogP contribution in [0.25, 0.3) is 0 Å². The summed E-state index contributed by atoms with van der Waals surface area (Å²) in [6.45, 7) is 6.34. The third kappa shape index (κ3) is 1.69. The normalized spacial score (nSPS) is 18.7. The van der Waals surface area contributed by atoms with E-state index in [0.29, 0.717) is 6.04 Å². The van der Waals surface area contributed by atoms with Gasteiger partial charge in [-0.2, -0.15) is 5.10 Å². The van der Waals surface area contributed by atoms with Crippen molar-refractivity contribution in [2.24, 2.45) is 5.92 Å². The zero-order chi connectivity index (χ0) is 9.42. The summed E-state index contributed by atoms with van der Waals surface area (Å²) in [5.41, 5.74) is 3.41. The molecule has 1 aliphatic carbocycles. The fourth-order valence-electron chi connectivity index (χ4n) is 1.71. The van der Waals surface area contributed by atoms with Crippen LogP contribution in [0.3, 0.4) is 0 Å². The minimum Gasteiger partial charge on any atom is -0.379 e. The molecule has 1 saturated carbocycles. The number of hydrogen-bond acceptors (Lipinski definition) is 2. The maximum absolute atomic E-state index is 4.16. The molecule has 72 valence electrons. The highest BCUT2D eigenvalue weighted by Crippen LogP contribution is 2.34. The molecule has 3 nitrogen and oxygen atoms in total. The van der Waals surface area contributed by atoms with E-state index in [-0.39, 0.29) is 0 Å². The van der Waals surface area contributed by atoms with Gasteiger partial charge in [0.2, 0.25) is 0 Å². The lowest BCUT2D eigenvalue weighted by Crippen LogP contribution is -2.17. The molecule has 1 heterocycles. The van der Waals surface area contributed by atoms with Crippen molar-refractivity contribution < 1.29 is 0 Å². The van der Waals surface area contributed by atoms with Crippen LogP contribution in [0.1, 0.15) is 31.2 Å². The third-order valence-corrected chi connectivity index (χ3v) is 2.83. The summed E-state index contributed by atoms with van der Waals surface area (Å²) in [7, 11) is 0. The smallest absolute Gasteiger partial charge is 0.0825 e. The molecule has 0 aromatic carbocycles. The second-order valence-corrected chi connectivity index (χ2v) is 4.08. The van der Waals surface area contributed by atoms with Crippen molar-refractivity contribution in [3.05, 3.63) is 11.4 Å². The minimum absolute atomic E-state index is 0.593. The minimum atomic E-state index is 0.593. The molecule has 0 radical (unpaired) electrons. The Kier molecular flexibility index (Phi) is 2.02. The molecule has 2 N–H and O–H groups in total. The first kappa shape index (κ1) is 8.60. The first-order valence-electron chi connectivity index (χ1n) is 4.96. The molecule has 0 aliphatic heterocycles. The first-order chi connectivity index (χ1) is 6.18. The Labute approximate surface area is 78.9 Å². The molecule has 3 heteroatoms. The van der Waals surface area contributed by atoms with Crippen molar-refractivity contribution in [1.29, 1.82) is 0 Å². The van der Waals surface area contributed by atoms with Crippen LogP contribution < -0.4 is 5.32 Å². The Morgan fingerprint density at radius 3 is 2.62 bits per heavy atom.